The lowest BCUT2D eigenvalue weighted by molar-refractivity contribution is -0.142. The summed E-state index contributed by atoms with van der Waals surface area (Å²) in [6, 6.07) is 11.7. The Kier molecular flexibility index (Phi) is 6.87. The van der Waals surface area contributed by atoms with E-state index >= 15 is 0 Å². The van der Waals surface area contributed by atoms with E-state index in [2.05, 4.69) is 15.1 Å². The number of hydrogen-bond acceptors (Lipinski definition) is 7. The van der Waals surface area contributed by atoms with Crippen molar-refractivity contribution in [1.29, 1.82) is 0 Å². The molecule has 0 bridgehead atoms. The molecule has 0 radical (unpaired) electrons. The van der Waals surface area contributed by atoms with E-state index in [1.807, 2.05) is 30.3 Å². The third kappa shape index (κ3) is 4.74. The molecule has 1 aliphatic carbocycles. The van der Waals surface area contributed by atoms with Gasteiger partial charge in [-0.2, -0.15) is 5.10 Å². The highest BCUT2D eigenvalue weighted by Gasteiger charge is 2.45. The Hall–Kier alpha value is -4.47. The number of nitrogens with two attached hydrogens (primary N) is 1. The first-order chi connectivity index (χ1) is 15.8. The SMILES string of the molecule is COc1ncc(C2(C(=O)O)CC(C(=O)O)=CC=C2C)cn1.Nc1ccnn1-c1ccccc1. The van der Waals surface area contributed by atoms with Crippen molar-refractivity contribution in [2.75, 3.05) is 12.8 Å². The molecule has 10 nitrogen and oxygen atoms in total. The maximum Gasteiger partial charge on any atom is 0.331 e. The Labute approximate surface area is 189 Å². The fraction of sp³-hybridized carbons (Fsp3) is 0.174. The summed E-state index contributed by atoms with van der Waals surface area (Å²) in [4.78, 5) is 30.9. The normalized spacial score (nSPS) is 17.2. The van der Waals surface area contributed by atoms with Gasteiger partial charge in [0.1, 0.15) is 11.2 Å². The first-order valence-electron chi connectivity index (χ1n) is 9.85. The summed E-state index contributed by atoms with van der Waals surface area (Å²) in [5.41, 5.74) is 6.05. The molecule has 170 valence electrons. The number of nitrogens with zero attached hydrogens (tertiary/aromatic N) is 4. The molecule has 1 atom stereocenters. The van der Waals surface area contributed by atoms with Crippen LogP contribution in [0, 0.1) is 0 Å². The molecule has 0 amide bonds. The van der Waals surface area contributed by atoms with Gasteiger partial charge >= 0.3 is 17.9 Å². The highest BCUT2D eigenvalue weighted by molar-refractivity contribution is 5.93. The number of anilines is 1. The smallest absolute Gasteiger partial charge is 0.331 e. The topological polar surface area (TPSA) is 153 Å². The van der Waals surface area contributed by atoms with Crippen LogP contribution in [-0.2, 0) is 15.0 Å². The van der Waals surface area contributed by atoms with Gasteiger partial charge in [-0.05, 0) is 19.1 Å². The van der Waals surface area contributed by atoms with Crippen LogP contribution >= 0.6 is 0 Å². The largest absolute Gasteiger partial charge is 0.480 e. The number of aromatic nitrogens is 4. The molecular formula is C23H23N5O5. The van der Waals surface area contributed by atoms with Crippen LogP contribution in [0.1, 0.15) is 18.9 Å². The fourth-order valence-corrected chi connectivity index (χ4v) is 3.44. The van der Waals surface area contributed by atoms with Gasteiger partial charge in [0, 0.05) is 36.0 Å². The van der Waals surface area contributed by atoms with Gasteiger partial charge in [-0.3, -0.25) is 4.79 Å². The Bertz CT molecular complexity index is 1200. The Morgan fingerprint density at radius 2 is 1.76 bits per heavy atom. The Morgan fingerprint density at radius 3 is 2.27 bits per heavy atom. The van der Waals surface area contributed by atoms with Crippen LogP contribution in [0.2, 0.25) is 0 Å². The highest BCUT2D eigenvalue weighted by Crippen LogP contribution is 2.41. The third-order valence-corrected chi connectivity index (χ3v) is 5.28. The van der Waals surface area contributed by atoms with Crippen molar-refractivity contribution in [3.63, 3.8) is 0 Å². The molecule has 0 saturated carbocycles. The average molecular weight is 449 g/mol. The first kappa shape index (κ1) is 23.2. The number of carboxylic acids is 2. The third-order valence-electron chi connectivity index (χ3n) is 5.28. The van der Waals surface area contributed by atoms with E-state index in [9.17, 15) is 14.7 Å². The summed E-state index contributed by atoms with van der Waals surface area (Å²) < 4.78 is 6.54. The molecule has 4 N–H and O–H groups in total. The van der Waals surface area contributed by atoms with E-state index in [0.29, 0.717) is 17.0 Å². The molecule has 0 saturated heterocycles. The summed E-state index contributed by atoms with van der Waals surface area (Å²) in [5.74, 6) is -1.63. The summed E-state index contributed by atoms with van der Waals surface area (Å²) in [7, 11) is 1.40. The summed E-state index contributed by atoms with van der Waals surface area (Å²) >= 11 is 0. The fourth-order valence-electron chi connectivity index (χ4n) is 3.44. The maximum absolute atomic E-state index is 11.9. The first-order valence-corrected chi connectivity index (χ1v) is 9.85. The second-order valence-electron chi connectivity index (χ2n) is 7.20. The monoisotopic (exact) mass is 449 g/mol. The lowest BCUT2D eigenvalue weighted by Crippen LogP contribution is -2.40. The number of carbonyl (C=O) groups is 2. The molecule has 4 rings (SSSR count). The molecule has 1 aliphatic rings. The van der Waals surface area contributed by atoms with Crippen LogP contribution in [0.5, 0.6) is 6.01 Å². The minimum atomic E-state index is -1.48. The zero-order chi connectivity index (χ0) is 24.0. The van der Waals surface area contributed by atoms with E-state index in [1.54, 1.807) is 23.9 Å². The molecular weight excluding hydrogens is 426 g/mol. The van der Waals surface area contributed by atoms with E-state index < -0.39 is 17.4 Å². The Balaban J connectivity index is 0.000000215. The van der Waals surface area contributed by atoms with E-state index in [0.717, 1.165) is 5.69 Å². The summed E-state index contributed by atoms with van der Waals surface area (Å²) in [6.45, 7) is 1.65. The van der Waals surface area contributed by atoms with Crippen LogP contribution in [0.25, 0.3) is 5.69 Å². The number of aliphatic carboxylic acids is 2. The zero-order valence-corrected chi connectivity index (χ0v) is 18.0. The van der Waals surface area contributed by atoms with Crippen molar-refractivity contribution in [2.45, 2.75) is 18.8 Å². The predicted octanol–water partition coefficient (Wildman–Crippen LogP) is 2.62. The van der Waals surface area contributed by atoms with Gasteiger partial charge in [-0.1, -0.05) is 35.9 Å². The Morgan fingerprint density at radius 1 is 1.09 bits per heavy atom. The van der Waals surface area contributed by atoms with Gasteiger partial charge in [-0.15, -0.1) is 0 Å². The van der Waals surface area contributed by atoms with Crippen molar-refractivity contribution >= 4 is 17.8 Å². The van der Waals surface area contributed by atoms with E-state index in [-0.39, 0.29) is 18.0 Å². The van der Waals surface area contributed by atoms with Gasteiger partial charge < -0.3 is 20.7 Å². The molecule has 0 fully saturated rings. The second kappa shape index (κ2) is 9.77. The minimum absolute atomic E-state index is 0.0267. The molecule has 2 heterocycles. The summed E-state index contributed by atoms with van der Waals surface area (Å²) in [6.07, 6.45) is 7.15. The zero-order valence-electron chi connectivity index (χ0n) is 18.0. The van der Waals surface area contributed by atoms with Crippen LogP contribution in [0.3, 0.4) is 0 Å². The number of ether oxygens (including phenoxy) is 1. The van der Waals surface area contributed by atoms with Crippen molar-refractivity contribution in [1.82, 2.24) is 19.7 Å². The molecule has 0 aliphatic heterocycles. The maximum atomic E-state index is 11.9. The number of para-hydroxylation sites is 1. The second-order valence-corrected chi connectivity index (χ2v) is 7.20. The standard InChI is InChI=1S/C14H14N2O5.C9H9N3/c1-8-3-4-9(11(17)18)5-14(8,12(19)20)10-6-15-13(21-2)16-7-10;10-9-6-7-11-12(9)8-4-2-1-3-5-8/h3-4,6-7H,5H2,1-2H3,(H,17,18)(H,19,20);1-7H,10H2. The number of methoxy groups -OCH3 is 1. The average Bonchev–Trinajstić information content (AvgIpc) is 3.26. The van der Waals surface area contributed by atoms with Crippen molar-refractivity contribution in [3.8, 4) is 11.7 Å². The molecule has 2 aromatic heterocycles. The van der Waals surface area contributed by atoms with Gasteiger partial charge in [0.05, 0.1) is 19.0 Å². The number of benzene rings is 1. The number of carboxylic acid groups (broad SMARTS) is 2. The lowest BCUT2D eigenvalue weighted by Gasteiger charge is -2.32. The molecule has 10 heteroatoms. The number of nitrogen functional groups attached to an aromatic ring is 1. The molecule has 1 aromatic carbocycles. The van der Waals surface area contributed by atoms with E-state index in [4.69, 9.17) is 15.6 Å². The highest BCUT2D eigenvalue weighted by atomic mass is 16.5. The van der Waals surface area contributed by atoms with Gasteiger partial charge in [0.25, 0.3) is 0 Å². The van der Waals surface area contributed by atoms with Crippen molar-refractivity contribution in [3.05, 3.63) is 83.9 Å². The quantitative estimate of drug-likeness (QED) is 0.533. The van der Waals surface area contributed by atoms with Gasteiger partial charge in [0.2, 0.25) is 0 Å². The molecule has 0 spiro atoms. The summed E-state index contributed by atoms with van der Waals surface area (Å²) in [5, 5.41) is 22.9. The molecule has 33 heavy (non-hydrogen) atoms. The minimum Gasteiger partial charge on any atom is -0.480 e. The predicted molar refractivity (Wildman–Crippen MR) is 120 cm³/mol. The number of allylic oxidation sites excluding steroid dienone is 2. The number of hydrogen-bond donors (Lipinski definition) is 3. The molecule has 1 unspecified atom stereocenters. The van der Waals surface area contributed by atoms with Crippen molar-refractivity contribution in [2.24, 2.45) is 0 Å². The van der Waals surface area contributed by atoms with Crippen LogP contribution in [0.15, 0.2) is 78.3 Å². The van der Waals surface area contributed by atoms with Crippen LogP contribution in [0.4, 0.5) is 5.82 Å². The van der Waals surface area contributed by atoms with Crippen LogP contribution in [-0.4, -0.2) is 49.0 Å². The van der Waals surface area contributed by atoms with E-state index in [1.165, 1.54) is 31.7 Å². The van der Waals surface area contributed by atoms with Crippen molar-refractivity contribution < 1.29 is 24.5 Å². The number of rotatable bonds is 5. The molecule has 3 aromatic rings. The van der Waals surface area contributed by atoms with Gasteiger partial charge in [0.15, 0.2) is 0 Å². The lowest BCUT2D eigenvalue weighted by atomic mass is 9.69. The van der Waals surface area contributed by atoms with Crippen LogP contribution < -0.4 is 10.5 Å². The van der Waals surface area contributed by atoms with Gasteiger partial charge in [-0.25, -0.2) is 19.4 Å².